The zero-order valence-electron chi connectivity index (χ0n) is 15.8. The van der Waals surface area contributed by atoms with E-state index in [2.05, 4.69) is 20.8 Å². The molecular weight excluding hydrogens is 378 g/mol. The summed E-state index contributed by atoms with van der Waals surface area (Å²) in [6.45, 7) is 4.34. The lowest BCUT2D eigenvalue weighted by Crippen LogP contribution is -2.22. The number of tetrazole rings is 1. The van der Waals surface area contributed by atoms with Crippen LogP contribution in [0.25, 0.3) is 5.69 Å². The predicted molar refractivity (Wildman–Crippen MR) is 107 cm³/mol. The Kier molecular flexibility index (Phi) is 6.49. The van der Waals surface area contributed by atoms with Gasteiger partial charge in [-0.25, -0.2) is 0 Å². The van der Waals surface area contributed by atoms with Gasteiger partial charge in [0.15, 0.2) is 0 Å². The predicted octanol–water partition coefficient (Wildman–Crippen LogP) is 3.19. The molecule has 1 amide bonds. The van der Waals surface area contributed by atoms with Crippen LogP contribution in [-0.2, 0) is 4.79 Å². The van der Waals surface area contributed by atoms with E-state index in [0.29, 0.717) is 23.2 Å². The quantitative estimate of drug-likeness (QED) is 0.582. The van der Waals surface area contributed by atoms with Gasteiger partial charge in [-0.15, -0.1) is 5.10 Å². The molecular formula is C19H21N5O3S. The Morgan fingerprint density at radius 3 is 2.71 bits per heavy atom. The van der Waals surface area contributed by atoms with Crippen LogP contribution in [0.4, 0.5) is 5.69 Å². The Bertz CT molecular complexity index is 929. The molecule has 3 rings (SSSR count). The first-order valence-electron chi connectivity index (χ1n) is 8.74. The lowest BCUT2D eigenvalue weighted by atomic mass is 10.3. The van der Waals surface area contributed by atoms with Crippen LogP contribution in [0, 0.1) is 0 Å². The normalized spacial score (nSPS) is 11.7. The van der Waals surface area contributed by atoms with Crippen LogP contribution >= 0.6 is 11.8 Å². The summed E-state index contributed by atoms with van der Waals surface area (Å²) in [6.07, 6.45) is 0. The van der Waals surface area contributed by atoms with Gasteiger partial charge in [0.05, 0.1) is 24.7 Å². The molecule has 1 heterocycles. The number of amides is 1. The average molecular weight is 399 g/mol. The Hall–Kier alpha value is -3.07. The van der Waals surface area contributed by atoms with Crippen molar-refractivity contribution in [2.45, 2.75) is 24.3 Å². The van der Waals surface area contributed by atoms with Crippen molar-refractivity contribution < 1.29 is 14.3 Å². The standard InChI is InChI=1S/C19H21N5O3S/c1-4-27-16-10-8-15(9-11-16)24-19(21-22-23-24)28-13(2)18(25)20-14-6-5-7-17(12-14)26-3/h5-13H,4H2,1-3H3,(H,20,25)/t13-/m0/s1. The molecule has 0 aliphatic carbocycles. The average Bonchev–Trinajstić information content (AvgIpc) is 3.17. The van der Waals surface area contributed by atoms with Crippen molar-refractivity contribution in [1.29, 1.82) is 0 Å². The van der Waals surface area contributed by atoms with Gasteiger partial charge in [0.25, 0.3) is 0 Å². The maximum absolute atomic E-state index is 12.5. The topological polar surface area (TPSA) is 91.2 Å². The lowest BCUT2D eigenvalue weighted by Gasteiger charge is -2.12. The summed E-state index contributed by atoms with van der Waals surface area (Å²) in [7, 11) is 1.58. The number of hydrogen-bond donors (Lipinski definition) is 1. The number of methoxy groups -OCH3 is 1. The third-order valence-corrected chi connectivity index (χ3v) is 4.85. The molecule has 1 N–H and O–H groups in total. The molecule has 0 aliphatic rings. The smallest absolute Gasteiger partial charge is 0.237 e. The van der Waals surface area contributed by atoms with Crippen LogP contribution in [0.15, 0.2) is 53.7 Å². The number of nitrogens with zero attached hydrogens (tertiary/aromatic N) is 4. The SMILES string of the molecule is CCOc1ccc(-n2nnnc2S[C@@H](C)C(=O)Nc2cccc(OC)c2)cc1. The minimum absolute atomic E-state index is 0.153. The molecule has 3 aromatic rings. The van der Waals surface area contributed by atoms with Crippen molar-refractivity contribution in [3.8, 4) is 17.2 Å². The molecule has 0 radical (unpaired) electrons. The van der Waals surface area contributed by atoms with Crippen molar-refractivity contribution in [2.75, 3.05) is 19.0 Å². The first-order chi connectivity index (χ1) is 13.6. The van der Waals surface area contributed by atoms with E-state index in [0.717, 1.165) is 11.4 Å². The minimum atomic E-state index is -0.404. The second-order valence-electron chi connectivity index (χ2n) is 5.78. The molecule has 0 saturated heterocycles. The summed E-state index contributed by atoms with van der Waals surface area (Å²) < 4.78 is 12.2. The highest BCUT2D eigenvalue weighted by Gasteiger charge is 2.19. The van der Waals surface area contributed by atoms with E-state index in [9.17, 15) is 4.79 Å². The maximum Gasteiger partial charge on any atom is 0.237 e. The third kappa shape index (κ3) is 4.80. The number of carbonyl (C=O) groups is 1. The van der Waals surface area contributed by atoms with Gasteiger partial charge in [-0.2, -0.15) is 4.68 Å². The molecule has 0 bridgehead atoms. The first kappa shape index (κ1) is 19.7. The van der Waals surface area contributed by atoms with Crippen LogP contribution in [-0.4, -0.2) is 45.1 Å². The second kappa shape index (κ2) is 9.23. The van der Waals surface area contributed by atoms with E-state index in [4.69, 9.17) is 9.47 Å². The number of nitrogens with one attached hydrogen (secondary N) is 1. The molecule has 1 aromatic heterocycles. The van der Waals surface area contributed by atoms with Crippen molar-refractivity contribution in [3.05, 3.63) is 48.5 Å². The van der Waals surface area contributed by atoms with Gasteiger partial charge in [-0.05, 0) is 60.7 Å². The number of aromatic nitrogens is 4. The summed E-state index contributed by atoms with van der Waals surface area (Å²) in [4.78, 5) is 12.5. The van der Waals surface area contributed by atoms with Crippen LogP contribution in [0.2, 0.25) is 0 Å². The number of rotatable bonds is 8. The molecule has 0 saturated carbocycles. The number of ether oxygens (including phenoxy) is 2. The van der Waals surface area contributed by atoms with Gasteiger partial charge in [-0.1, -0.05) is 17.8 Å². The Morgan fingerprint density at radius 2 is 2.00 bits per heavy atom. The Morgan fingerprint density at radius 1 is 1.21 bits per heavy atom. The second-order valence-corrected chi connectivity index (χ2v) is 7.09. The fourth-order valence-electron chi connectivity index (χ4n) is 2.42. The summed E-state index contributed by atoms with van der Waals surface area (Å²) in [5, 5.41) is 14.8. The molecule has 1 atom stereocenters. The molecule has 8 nitrogen and oxygen atoms in total. The number of anilines is 1. The van der Waals surface area contributed by atoms with E-state index in [1.807, 2.05) is 49.4 Å². The van der Waals surface area contributed by atoms with Crippen LogP contribution in [0.3, 0.4) is 0 Å². The highest BCUT2D eigenvalue weighted by atomic mass is 32.2. The lowest BCUT2D eigenvalue weighted by molar-refractivity contribution is -0.115. The van der Waals surface area contributed by atoms with Crippen molar-refractivity contribution in [3.63, 3.8) is 0 Å². The van der Waals surface area contributed by atoms with Gasteiger partial charge in [0.2, 0.25) is 11.1 Å². The van der Waals surface area contributed by atoms with Gasteiger partial charge in [0, 0.05) is 11.8 Å². The van der Waals surface area contributed by atoms with Crippen LogP contribution < -0.4 is 14.8 Å². The van der Waals surface area contributed by atoms with E-state index >= 15 is 0 Å². The van der Waals surface area contributed by atoms with Gasteiger partial charge in [-0.3, -0.25) is 4.79 Å². The largest absolute Gasteiger partial charge is 0.497 e. The zero-order chi connectivity index (χ0) is 19.9. The summed E-state index contributed by atoms with van der Waals surface area (Å²) in [5.41, 5.74) is 1.46. The first-order valence-corrected chi connectivity index (χ1v) is 9.62. The van der Waals surface area contributed by atoms with E-state index in [1.54, 1.807) is 24.8 Å². The van der Waals surface area contributed by atoms with Crippen molar-refractivity contribution in [1.82, 2.24) is 20.2 Å². The molecule has 9 heteroatoms. The molecule has 0 spiro atoms. The highest BCUT2D eigenvalue weighted by molar-refractivity contribution is 8.00. The molecule has 146 valence electrons. The van der Waals surface area contributed by atoms with Gasteiger partial charge >= 0.3 is 0 Å². The third-order valence-electron chi connectivity index (χ3n) is 3.82. The van der Waals surface area contributed by atoms with Crippen LogP contribution in [0.5, 0.6) is 11.5 Å². The molecule has 0 unspecified atom stereocenters. The molecule has 0 aliphatic heterocycles. The van der Waals surface area contributed by atoms with Crippen molar-refractivity contribution in [2.24, 2.45) is 0 Å². The fraction of sp³-hybridized carbons (Fsp3) is 0.263. The fourth-order valence-corrected chi connectivity index (χ4v) is 3.23. The molecule has 2 aromatic carbocycles. The number of hydrogen-bond acceptors (Lipinski definition) is 7. The van der Waals surface area contributed by atoms with Crippen LogP contribution in [0.1, 0.15) is 13.8 Å². The monoisotopic (exact) mass is 399 g/mol. The Labute approximate surface area is 167 Å². The van der Waals surface area contributed by atoms with Gasteiger partial charge in [0.1, 0.15) is 11.5 Å². The van der Waals surface area contributed by atoms with Gasteiger partial charge < -0.3 is 14.8 Å². The summed E-state index contributed by atoms with van der Waals surface area (Å²) in [6, 6.07) is 14.7. The number of benzene rings is 2. The summed E-state index contributed by atoms with van der Waals surface area (Å²) >= 11 is 1.28. The summed E-state index contributed by atoms with van der Waals surface area (Å²) in [5.74, 6) is 1.30. The number of thioether (sulfide) groups is 1. The van der Waals surface area contributed by atoms with E-state index in [1.165, 1.54) is 11.8 Å². The minimum Gasteiger partial charge on any atom is -0.497 e. The van der Waals surface area contributed by atoms with E-state index in [-0.39, 0.29) is 5.91 Å². The maximum atomic E-state index is 12.5. The zero-order valence-corrected chi connectivity index (χ0v) is 16.6. The number of carbonyl (C=O) groups excluding carboxylic acids is 1. The molecule has 0 fully saturated rings. The van der Waals surface area contributed by atoms with Crippen molar-refractivity contribution >= 4 is 23.4 Å². The van der Waals surface area contributed by atoms with E-state index < -0.39 is 5.25 Å². The highest BCUT2D eigenvalue weighted by Crippen LogP contribution is 2.25. The molecule has 28 heavy (non-hydrogen) atoms. The Balaban J connectivity index is 1.68.